The van der Waals surface area contributed by atoms with E-state index in [9.17, 15) is 13.2 Å². The van der Waals surface area contributed by atoms with Crippen LogP contribution in [0.4, 0.5) is 13.2 Å². The largest absolute Gasteiger partial charge is 0.496 e. The van der Waals surface area contributed by atoms with Crippen LogP contribution in [0.1, 0.15) is 11.1 Å². The maximum atomic E-state index is 12.8. The third kappa shape index (κ3) is 3.31. The molecule has 122 valence electrons. The van der Waals surface area contributed by atoms with E-state index in [1.807, 2.05) is 0 Å². The summed E-state index contributed by atoms with van der Waals surface area (Å²) in [6.45, 7) is 0. The van der Waals surface area contributed by atoms with Crippen molar-refractivity contribution in [2.75, 3.05) is 7.11 Å². The zero-order chi connectivity index (χ0) is 17.2. The molecule has 0 radical (unpaired) electrons. The number of aromatic nitrogens is 1. The first-order valence-electron chi connectivity index (χ1n) is 6.46. The average molecular weight is 324 g/mol. The zero-order valence-corrected chi connectivity index (χ0v) is 12.2. The van der Waals surface area contributed by atoms with Gasteiger partial charge in [0.2, 0.25) is 0 Å². The minimum atomic E-state index is -4.47. The van der Waals surface area contributed by atoms with Crippen molar-refractivity contribution in [3.63, 3.8) is 0 Å². The van der Waals surface area contributed by atoms with Gasteiger partial charge in [-0.15, -0.1) is 0 Å². The number of rotatable bonds is 2. The van der Waals surface area contributed by atoms with Crippen LogP contribution in [0.5, 0.6) is 5.75 Å². The molecule has 1 heterocycles. The van der Waals surface area contributed by atoms with Crippen LogP contribution in [0.15, 0.2) is 36.7 Å². The fourth-order valence-electron chi connectivity index (χ4n) is 2.09. The number of hydrogen-bond acceptors (Lipinski definition) is 5. The molecule has 2 rings (SSSR count). The summed E-state index contributed by atoms with van der Waals surface area (Å²) in [5, 5.41) is 0.852. The summed E-state index contributed by atoms with van der Waals surface area (Å²) >= 11 is 0. The normalized spacial score (nSPS) is 12.7. The standard InChI is InChI=1S/C15H15F3N4O/c1-23-12-6-8(15(16,17)18)2-3-10(12)13(19)9-4-5-22-7-11(9)14(20)21/h2-7H,19-21H2,1H3/b13-9-. The third-order valence-corrected chi connectivity index (χ3v) is 3.24. The summed E-state index contributed by atoms with van der Waals surface area (Å²) in [6.07, 6.45) is -1.57. The van der Waals surface area contributed by atoms with E-state index in [1.165, 1.54) is 25.6 Å². The van der Waals surface area contributed by atoms with Gasteiger partial charge in [-0.2, -0.15) is 13.2 Å². The molecule has 0 aliphatic heterocycles. The van der Waals surface area contributed by atoms with Crippen LogP contribution in [-0.4, -0.2) is 12.1 Å². The lowest BCUT2D eigenvalue weighted by molar-refractivity contribution is -0.137. The van der Waals surface area contributed by atoms with Crippen LogP contribution >= 0.6 is 0 Å². The Bertz CT molecular complexity index is 843. The van der Waals surface area contributed by atoms with Crippen molar-refractivity contribution in [2.45, 2.75) is 6.18 Å². The molecule has 2 aromatic rings. The first-order chi connectivity index (χ1) is 10.8. The molecule has 0 atom stereocenters. The Kier molecular flexibility index (Phi) is 4.35. The topological polar surface area (TPSA) is 100 Å². The van der Waals surface area contributed by atoms with Crippen molar-refractivity contribution in [1.29, 1.82) is 0 Å². The van der Waals surface area contributed by atoms with E-state index < -0.39 is 11.7 Å². The number of halogens is 3. The Labute approximate surface area is 129 Å². The van der Waals surface area contributed by atoms with E-state index in [2.05, 4.69) is 4.98 Å². The Balaban J connectivity index is 2.78. The van der Waals surface area contributed by atoms with Crippen molar-refractivity contribution in [3.8, 4) is 5.75 Å². The molecule has 0 aliphatic carbocycles. The van der Waals surface area contributed by atoms with E-state index in [0.29, 0.717) is 16.0 Å². The van der Waals surface area contributed by atoms with Crippen LogP contribution < -0.4 is 32.4 Å². The highest BCUT2D eigenvalue weighted by Crippen LogP contribution is 2.33. The molecular formula is C15H15F3N4O. The Hall–Kier alpha value is -2.90. The maximum absolute atomic E-state index is 12.8. The number of ether oxygens (including phenoxy) is 1. The van der Waals surface area contributed by atoms with Crippen molar-refractivity contribution in [1.82, 2.24) is 4.98 Å². The third-order valence-electron chi connectivity index (χ3n) is 3.24. The molecule has 0 bridgehead atoms. The van der Waals surface area contributed by atoms with E-state index in [-0.39, 0.29) is 17.3 Å². The van der Waals surface area contributed by atoms with Crippen molar-refractivity contribution in [2.24, 2.45) is 17.2 Å². The van der Waals surface area contributed by atoms with Crippen LogP contribution in [0, 0.1) is 0 Å². The van der Waals surface area contributed by atoms with Gasteiger partial charge in [-0.1, -0.05) is 0 Å². The number of pyridine rings is 1. The summed E-state index contributed by atoms with van der Waals surface area (Å²) in [7, 11) is 1.27. The number of nitrogens with two attached hydrogens (primary N) is 3. The SMILES string of the molecule is COc1cc(C(F)(F)F)ccc1/C(N)=c1\ccncc1=C(N)N. The predicted molar refractivity (Wildman–Crippen MR) is 80.0 cm³/mol. The first kappa shape index (κ1) is 16.5. The monoisotopic (exact) mass is 324 g/mol. The predicted octanol–water partition coefficient (Wildman–Crippen LogP) is 0.207. The van der Waals surface area contributed by atoms with Crippen LogP contribution in [0.3, 0.4) is 0 Å². The summed E-state index contributed by atoms with van der Waals surface area (Å²) in [6, 6.07) is 4.63. The summed E-state index contributed by atoms with van der Waals surface area (Å²) in [5.41, 5.74) is 16.9. The quantitative estimate of drug-likeness (QED) is 0.733. The van der Waals surface area contributed by atoms with Gasteiger partial charge in [0.1, 0.15) is 11.6 Å². The molecule has 0 saturated heterocycles. The second kappa shape index (κ2) is 6.07. The molecule has 0 spiro atoms. The number of hydrogen-bond donors (Lipinski definition) is 3. The summed E-state index contributed by atoms with van der Waals surface area (Å²) < 4.78 is 43.4. The number of nitrogens with zero attached hydrogens (tertiary/aromatic N) is 1. The van der Waals surface area contributed by atoms with Gasteiger partial charge in [-0.3, -0.25) is 4.98 Å². The molecule has 0 saturated carbocycles. The summed E-state index contributed by atoms with van der Waals surface area (Å²) in [5.74, 6) is -0.00221. The van der Waals surface area contributed by atoms with E-state index in [4.69, 9.17) is 21.9 Å². The zero-order valence-electron chi connectivity index (χ0n) is 12.2. The highest BCUT2D eigenvalue weighted by molar-refractivity contribution is 5.69. The molecule has 0 aliphatic rings. The maximum Gasteiger partial charge on any atom is 0.416 e. The second-order valence-electron chi connectivity index (χ2n) is 4.70. The Morgan fingerprint density at radius 1 is 1.09 bits per heavy atom. The minimum absolute atomic E-state index is 0.00179. The molecule has 0 amide bonds. The molecule has 1 aromatic heterocycles. The van der Waals surface area contributed by atoms with E-state index in [0.717, 1.165) is 12.1 Å². The van der Waals surface area contributed by atoms with Gasteiger partial charge in [0.25, 0.3) is 0 Å². The molecule has 6 N–H and O–H groups in total. The van der Waals surface area contributed by atoms with Crippen LogP contribution in [0.2, 0.25) is 0 Å². The second-order valence-corrected chi connectivity index (χ2v) is 4.70. The smallest absolute Gasteiger partial charge is 0.416 e. The molecule has 23 heavy (non-hydrogen) atoms. The summed E-state index contributed by atoms with van der Waals surface area (Å²) in [4.78, 5) is 3.90. The van der Waals surface area contributed by atoms with Crippen molar-refractivity contribution < 1.29 is 17.9 Å². The highest BCUT2D eigenvalue weighted by atomic mass is 19.4. The lowest BCUT2D eigenvalue weighted by Gasteiger charge is -2.13. The van der Waals surface area contributed by atoms with Gasteiger partial charge in [0.05, 0.1) is 18.4 Å². The van der Waals surface area contributed by atoms with Gasteiger partial charge in [-0.25, -0.2) is 0 Å². The van der Waals surface area contributed by atoms with E-state index >= 15 is 0 Å². The van der Waals surface area contributed by atoms with Gasteiger partial charge >= 0.3 is 6.18 Å². The van der Waals surface area contributed by atoms with Gasteiger partial charge < -0.3 is 21.9 Å². The average Bonchev–Trinajstić information content (AvgIpc) is 2.52. The number of benzene rings is 1. The highest BCUT2D eigenvalue weighted by Gasteiger charge is 2.31. The fraction of sp³-hybridized carbons (Fsp3) is 0.133. The van der Waals surface area contributed by atoms with E-state index in [1.54, 1.807) is 6.07 Å². The number of methoxy groups -OCH3 is 1. The Morgan fingerprint density at radius 3 is 2.35 bits per heavy atom. The fourth-order valence-corrected chi connectivity index (χ4v) is 2.09. The molecule has 0 fully saturated rings. The lowest BCUT2D eigenvalue weighted by atomic mass is 10.0. The van der Waals surface area contributed by atoms with Crippen LogP contribution in [-0.2, 0) is 6.18 Å². The molecule has 1 aromatic carbocycles. The van der Waals surface area contributed by atoms with Crippen molar-refractivity contribution in [3.05, 3.63) is 58.2 Å². The van der Waals surface area contributed by atoms with Crippen LogP contribution in [0.25, 0.3) is 11.5 Å². The van der Waals surface area contributed by atoms with Crippen molar-refractivity contribution >= 4 is 11.5 Å². The molecule has 8 heteroatoms. The molecule has 0 unspecified atom stereocenters. The Morgan fingerprint density at radius 2 is 1.78 bits per heavy atom. The van der Waals surface area contributed by atoms with Gasteiger partial charge in [0, 0.05) is 28.4 Å². The molecule has 5 nitrogen and oxygen atoms in total. The minimum Gasteiger partial charge on any atom is -0.496 e. The van der Waals surface area contributed by atoms with Gasteiger partial charge in [-0.05, 0) is 24.3 Å². The lowest BCUT2D eigenvalue weighted by Crippen LogP contribution is -2.36. The molecular weight excluding hydrogens is 309 g/mol. The first-order valence-corrected chi connectivity index (χ1v) is 6.46. The van der Waals surface area contributed by atoms with Gasteiger partial charge in [0.15, 0.2) is 0 Å². The number of alkyl halides is 3.